The van der Waals surface area contributed by atoms with Crippen LogP contribution in [0.25, 0.3) is 0 Å². The van der Waals surface area contributed by atoms with Crippen LogP contribution in [0.5, 0.6) is 0 Å². The summed E-state index contributed by atoms with van der Waals surface area (Å²) in [4.78, 5) is 18.7. The Labute approximate surface area is 149 Å². The second kappa shape index (κ2) is 8.30. The fraction of sp³-hybridized carbons (Fsp3) is 0.500. The standard InChI is InChI=1S/C20H28N4O/c1-23(12-16-9-5-6-10-16)20(25)19(21)11-18-14-24(15-22-18)13-17-7-3-2-4-8-17/h2-4,7-8,14-16,19H,5-6,9-13,21H2,1H3/t19-/m0/s1. The molecular formula is C20H28N4O. The molecule has 1 aliphatic rings. The zero-order valence-electron chi connectivity index (χ0n) is 15.0. The molecule has 1 atom stereocenters. The van der Waals surface area contributed by atoms with Crippen LogP contribution in [-0.2, 0) is 17.8 Å². The summed E-state index contributed by atoms with van der Waals surface area (Å²) in [5, 5.41) is 0. The Morgan fingerprint density at radius 3 is 2.76 bits per heavy atom. The van der Waals surface area contributed by atoms with E-state index in [1.54, 1.807) is 0 Å². The molecule has 2 aromatic rings. The first-order valence-corrected chi connectivity index (χ1v) is 9.17. The van der Waals surface area contributed by atoms with E-state index >= 15 is 0 Å². The minimum Gasteiger partial charge on any atom is -0.344 e. The fourth-order valence-corrected chi connectivity index (χ4v) is 3.66. The van der Waals surface area contributed by atoms with Crippen molar-refractivity contribution in [1.29, 1.82) is 0 Å². The summed E-state index contributed by atoms with van der Waals surface area (Å²) in [6, 6.07) is 9.73. The molecule has 0 radical (unpaired) electrons. The van der Waals surface area contributed by atoms with Crippen molar-refractivity contribution in [2.24, 2.45) is 11.7 Å². The SMILES string of the molecule is CN(CC1CCCC1)C(=O)[C@@H](N)Cc1cn(Cc2ccccc2)cn1. The predicted octanol–water partition coefficient (Wildman–Crippen LogP) is 2.45. The average Bonchev–Trinajstić information content (AvgIpc) is 3.27. The molecule has 5 heteroatoms. The minimum absolute atomic E-state index is 0.0181. The molecule has 0 spiro atoms. The van der Waals surface area contributed by atoms with Crippen LogP contribution in [0.15, 0.2) is 42.9 Å². The van der Waals surface area contributed by atoms with Gasteiger partial charge in [0.05, 0.1) is 18.1 Å². The Hall–Kier alpha value is -2.14. The zero-order chi connectivity index (χ0) is 17.6. The fourth-order valence-electron chi connectivity index (χ4n) is 3.66. The van der Waals surface area contributed by atoms with Gasteiger partial charge in [-0.3, -0.25) is 4.79 Å². The van der Waals surface area contributed by atoms with Crippen LogP contribution in [-0.4, -0.2) is 40.0 Å². The van der Waals surface area contributed by atoms with Gasteiger partial charge in [-0.05, 0) is 24.3 Å². The van der Waals surface area contributed by atoms with Gasteiger partial charge in [-0.25, -0.2) is 4.98 Å². The van der Waals surface area contributed by atoms with Crippen LogP contribution in [0.3, 0.4) is 0 Å². The first-order valence-electron chi connectivity index (χ1n) is 9.17. The number of benzene rings is 1. The van der Waals surface area contributed by atoms with Crippen LogP contribution in [0.1, 0.15) is 36.9 Å². The molecule has 1 aromatic carbocycles. The summed E-state index contributed by atoms with van der Waals surface area (Å²) in [5.74, 6) is 0.663. The van der Waals surface area contributed by atoms with E-state index in [1.807, 2.05) is 47.2 Å². The number of carbonyl (C=O) groups is 1. The van der Waals surface area contributed by atoms with Crippen molar-refractivity contribution >= 4 is 5.91 Å². The molecule has 0 bridgehead atoms. The number of carbonyl (C=O) groups excluding carboxylic acids is 1. The lowest BCUT2D eigenvalue weighted by molar-refractivity contribution is -0.131. The summed E-state index contributed by atoms with van der Waals surface area (Å²) < 4.78 is 2.03. The molecule has 0 saturated heterocycles. The summed E-state index contributed by atoms with van der Waals surface area (Å²) in [6.45, 7) is 1.60. The number of hydrogen-bond donors (Lipinski definition) is 1. The van der Waals surface area contributed by atoms with Crippen LogP contribution in [0.4, 0.5) is 0 Å². The van der Waals surface area contributed by atoms with Crippen LogP contribution < -0.4 is 5.73 Å². The van der Waals surface area contributed by atoms with Crippen molar-refractivity contribution in [3.63, 3.8) is 0 Å². The lowest BCUT2D eigenvalue weighted by atomic mass is 10.1. The second-order valence-corrected chi connectivity index (χ2v) is 7.20. The third-order valence-electron chi connectivity index (χ3n) is 5.02. The number of nitrogens with zero attached hydrogens (tertiary/aromatic N) is 3. The van der Waals surface area contributed by atoms with Crippen LogP contribution in [0.2, 0.25) is 0 Å². The molecule has 5 nitrogen and oxygen atoms in total. The zero-order valence-corrected chi connectivity index (χ0v) is 15.0. The van der Waals surface area contributed by atoms with Crippen molar-refractivity contribution in [3.8, 4) is 0 Å². The highest BCUT2D eigenvalue weighted by Crippen LogP contribution is 2.25. The molecule has 25 heavy (non-hydrogen) atoms. The third kappa shape index (κ3) is 4.92. The van der Waals surface area contributed by atoms with E-state index in [1.165, 1.54) is 31.2 Å². The van der Waals surface area contributed by atoms with Gasteiger partial charge in [0.2, 0.25) is 5.91 Å². The molecule has 1 saturated carbocycles. The minimum atomic E-state index is -0.522. The van der Waals surface area contributed by atoms with E-state index in [4.69, 9.17) is 5.73 Å². The molecule has 1 aromatic heterocycles. The predicted molar refractivity (Wildman–Crippen MR) is 99.0 cm³/mol. The number of imidazole rings is 1. The molecule has 1 amide bonds. The van der Waals surface area contributed by atoms with Gasteiger partial charge in [0.15, 0.2) is 0 Å². The van der Waals surface area contributed by atoms with Gasteiger partial charge in [0.25, 0.3) is 0 Å². The highest BCUT2D eigenvalue weighted by atomic mass is 16.2. The van der Waals surface area contributed by atoms with E-state index in [0.29, 0.717) is 12.3 Å². The lowest BCUT2D eigenvalue weighted by Gasteiger charge is -2.24. The van der Waals surface area contributed by atoms with Gasteiger partial charge in [-0.1, -0.05) is 43.2 Å². The quantitative estimate of drug-likeness (QED) is 0.842. The molecule has 0 aliphatic heterocycles. The second-order valence-electron chi connectivity index (χ2n) is 7.20. The van der Waals surface area contributed by atoms with E-state index in [0.717, 1.165) is 18.8 Å². The number of aromatic nitrogens is 2. The van der Waals surface area contributed by atoms with E-state index in [2.05, 4.69) is 17.1 Å². The Bertz CT molecular complexity index is 676. The van der Waals surface area contributed by atoms with Crippen molar-refractivity contribution in [1.82, 2.24) is 14.5 Å². The molecule has 1 aliphatic carbocycles. The summed E-state index contributed by atoms with van der Waals surface area (Å²) in [6.07, 6.45) is 9.32. The molecular weight excluding hydrogens is 312 g/mol. The molecule has 1 heterocycles. The van der Waals surface area contributed by atoms with Gasteiger partial charge >= 0.3 is 0 Å². The van der Waals surface area contributed by atoms with Crippen LogP contribution >= 0.6 is 0 Å². The monoisotopic (exact) mass is 340 g/mol. The van der Waals surface area contributed by atoms with Crippen molar-refractivity contribution < 1.29 is 4.79 Å². The lowest BCUT2D eigenvalue weighted by Crippen LogP contribution is -2.44. The number of hydrogen-bond acceptors (Lipinski definition) is 3. The van der Waals surface area contributed by atoms with E-state index in [9.17, 15) is 4.79 Å². The topological polar surface area (TPSA) is 64.2 Å². The highest BCUT2D eigenvalue weighted by Gasteiger charge is 2.23. The third-order valence-corrected chi connectivity index (χ3v) is 5.02. The summed E-state index contributed by atoms with van der Waals surface area (Å²) in [5.41, 5.74) is 8.24. The smallest absolute Gasteiger partial charge is 0.239 e. The maximum atomic E-state index is 12.5. The molecule has 2 N–H and O–H groups in total. The average molecular weight is 340 g/mol. The van der Waals surface area contributed by atoms with Gasteiger partial charge in [-0.15, -0.1) is 0 Å². The first kappa shape index (κ1) is 17.7. The summed E-state index contributed by atoms with van der Waals surface area (Å²) in [7, 11) is 1.87. The molecule has 1 fully saturated rings. The van der Waals surface area contributed by atoms with Gasteiger partial charge in [-0.2, -0.15) is 0 Å². The number of rotatable bonds is 7. The molecule has 3 rings (SSSR count). The van der Waals surface area contributed by atoms with Crippen molar-refractivity contribution in [3.05, 3.63) is 54.1 Å². The maximum Gasteiger partial charge on any atom is 0.239 e. The number of likely N-dealkylation sites (N-methyl/N-ethyl adjacent to an activating group) is 1. The number of amides is 1. The molecule has 134 valence electrons. The Kier molecular flexibility index (Phi) is 5.87. The van der Waals surface area contributed by atoms with Gasteiger partial charge in [0.1, 0.15) is 0 Å². The normalized spacial score (nSPS) is 16.1. The van der Waals surface area contributed by atoms with E-state index < -0.39 is 6.04 Å². The van der Waals surface area contributed by atoms with Crippen molar-refractivity contribution in [2.75, 3.05) is 13.6 Å². The largest absolute Gasteiger partial charge is 0.344 e. The Morgan fingerprint density at radius 2 is 2.04 bits per heavy atom. The number of nitrogens with two attached hydrogens (primary N) is 1. The van der Waals surface area contributed by atoms with E-state index in [-0.39, 0.29) is 5.91 Å². The van der Waals surface area contributed by atoms with Crippen molar-refractivity contribution in [2.45, 2.75) is 44.7 Å². The maximum absolute atomic E-state index is 12.5. The first-order chi connectivity index (χ1) is 12.1. The molecule has 0 unspecified atom stereocenters. The van der Waals surface area contributed by atoms with Gasteiger partial charge < -0.3 is 15.2 Å². The van der Waals surface area contributed by atoms with Crippen LogP contribution in [0, 0.1) is 5.92 Å². The highest BCUT2D eigenvalue weighted by molar-refractivity contribution is 5.81. The summed E-state index contributed by atoms with van der Waals surface area (Å²) >= 11 is 0. The Morgan fingerprint density at radius 1 is 1.32 bits per heavy atom. The Balaban J connectivity index is 1.51. The van der Waals surface area contributed by atoms with Gasteiger partial charge in [0, 0.05) is 32.8 Å².